The third-order valence-corrected chi connectivity index (χ3v) is 3.37. The molecule has 120 valence electrons. The van der Waals surface area contributed by atoms with E-state index in [1.165, 1.54) is 0 Å². The molecule has 2 atom stereocenters. The highest BCUT2D eigenvalue weighted by Crippen LogP contribution is 2.19. The predicted octanol–water partition coefficient (Wildman–Crippen LogP) is 2.62. The second-order valence-electron chi connectivity index (χ2n) is 5.98. The van der Waals surface area contributed by atoms with Gasteiger partial charge in [0, 0.05) is 19.6 Å². The molecule has 2 unspecified atom stereocenters. The maximum Gasteiger partial charge on any atom is 0.227 e. The van der Waals surface area contributed by atoms with Crippen molar-refractivity contribution in [3.05, 3.63) is 0 Å². The Morgan fingerprint density at radius 2 is 1.65 bits per heavy atom. The summed E-state index contributed by atoms with van der Waals surface area (Å²) in [7, 11) is 0. The van der Waals surface area contributed by atoms with Crippen molar-refractivity contribution in [2.45, 2.75) is 66.5 Å². The molecule has 0 aliphatic rings. The van der Waals surface area contributed by atoms with Crippen molar-refractivity contribution >= 4 is 5.91 Å². The molecule has 0 rings (SSSR count). The molecule has 1 amide bonds. The van der Waals surface area contributed by atoms with E-state index in [-0.39, 0.29) is 11.8 Å². The zero-order valence-electron chi connectivity index (χ0n) is 14.0. The topological polar surface area (TPSA) is 52.6 Å². The number of amides is 1. The molecule has 0 aliphatic heterocycles. The Labute approximate surface area is 124 Å². The Bertz CT molecular complexity index is 251. The van der Waals surface area contributed by atoms with Gasteiger partial charge in [-0.3, -0.25) is 9.69 Å². The van der Waals surface area contributed by atoms with E-state index in [0.717, 1.165) is 38.8 Å². The van der Waals surface area contributed by atoms with Crippen molar-refractivity contribution in [2.75, 3.05) is 19.6 Å². The van der Waals surface area contributed by atoms with Gasteiger partial charge in [0.15, 0.2) is 0 Å². The molecule has 0 aromatic carbocycles. The number of rotatable bonds is 11. The number of hydrogen-bond donors (Lipinski definition) is 2. The average molecular weight is 286 g/mol. The Morgan fingerprint density at radius 3 is 2.05 bits per heavy atom. The number of aliphatic hydroxyl groups is 1. The van der Waals surface area contributed by atoms with Gasteiger partial charge in [0.1, 0.15) is 6.23 Å². The molecule has 0 radical (unpaired) electrons. The highest BCUT2D eigenvalue weighted by Gasteiger charge is 2.31. The molecule has 0 fully saturated rings. The maximum absolute atomic E-state index is 12.3. The first-order valence-electron chi connectivity index (χ1n) is 8.17. The van der Waals surface area contributed by atoms with E-state index >= 15 is 0 Å². The zero-order chi connectivity index (χ0) is 15.5. The number of hydrogen-bond acceptors (Lipinski definition) is 3. The van der Waals surface area contributed by atoms with Crippen LogP contribution in [0.3, 0.4) is 0 Å². The van der Waals surface area contributed by atoms with Crippen LogP contribution >= 0.6 is 0 Å². The van der Waals surface area contributed by atoms with Crippen LogP contribution < -0.4 is 5.32 Å². The van der Waals surface area contributed by atoms with Gasteiger partial charge in [-0.25, -0.2) is 0 Å². The third-order valence-electron chi connectivity index (χ3n) is 3.37. The quantitative estimate of drug-likeness (QED) is 0.574. The minimum absolute atomic E-state index is 0.00902. The minimum Gasteiger partial charge on any atom is -0.378 e. The lowest BCUT2D eigenvalue weighted by atomic mass is 9.93. The third kappa shape index (κ3) is 7.25. The molecule has 0 aliphatic carbocycles. The first kappa shape index (κ1) is 19.4. The van der Waals surface area contributed by atoms with Gasteiger partial charge >= 0.3 is 0 Å². The van der Waals surface area contributed by atoms with Crippen molar-refractivity contribution in [1.29, 1.82) is 0 Å². The standard InChI is InChI=1S/C16H34N2O2/c1-6-9-17-15(19)14(12-13(4)5)16(20)18(10-7-2)11-8-3/h13-14,16,20H,6-12H2,1-5H3,(H,17,19). The molecule has 0 saturated carbocycles. The highest BCUT2D eigenvalue weighted by molar-refractivity contribution is 5.79. The molecule has 4 nitrogen and oxygen atoms in total. The lowest BCUT2D eigenvalue weighted by molar-refractivity contribution is -0.136. The van der Waals surface area contributed by atoms with Gasteiger partial charge in [-0.1, -0.05) is 34.6 Å². The largest absolute Gasteiger partial charge is 0.378 e. The first-order valence-corrected chi connectivity index (χ1v) is 8.17. The lowest BCUT2D eigenvalue weighted by Gasteiger charge is -2.33. The van der Waals surface area contributed by atoms with E-state index in [2.05, 4.69) is 33.0 Å². The van der Waals surface area contributed by atoms with Crippen molar-refractivity contribution in [3.63, 3.8) is 0 Å². The lowest BCUT2D eigenvalue weighted by Crippen LogP contribution is -2.48. The van der Waals surface area contributed by atoms with Crippen LogP contribution in [0.15, 0.2) is 0 Å². The number of aliphatic hydroxyl groups excluding tert-OH is 1. The second-order valence-corrected chi connectivity index (χ2v) is 5.98. The molecule has 20 heavy (non-hydrogen) atoms. The van der Waals surface area contributed by atoms with E-state index in [1.54, 1.807) is 0 Å². The Kier molecular flexibility index (Phi) is 10.8. The summed E-state index contributed by atoms with van der Waals surface area (Å²) in [4.78, 5) is 14.3. The fourth-order valence-corrected chi connectivity index (χ4v) is 2.46. The second kappa shape index (κ2) is 11.1. The van der Waals surface area contributed by atoms with E-state index < -0.39 is 6.23 Å². The van der Waals surface area contributed by atoms with Crippen molar-refractivity contribution in [1.82, 2.24) is 10.2 Å². The SMILES string of the molecule is CCCNC(=O)C(CC(C)C)C(O)N(CCC)CCC. The molecule has 0 bridgehead atoms. The van der Waals surface area contributed by atoms with Crippen molar-refractivity contribution in [2.24, 2.45) is 11.8 Å². The van der Waals surface area contributed by atoms with Gasteiger partial charge in [0.05, 0.1) is 5.92 Å². The summed E-state index contributed by atoms with van der Waals surface area (Å²) in [6.07, 6.45) is 2.95. The Balaban J connectivity index is 4.82. The smallest absolute Gasteiger partial charge is 0.227 e. The van der Waals surface area contributed by atoms with Crippen molar-refractivity contribution in [3.8, 4) is 0 Å². The Hall–Kier alpha value is -0.610. The first-order chi connectivity index (χ1) is 9.47. The molecule has 4 heteroatoms. The van der Waals surface area contributed by atoms with E-state index in [0.29, 0.717) is 12.5 Å². The van der Waals surface area contributed by atoms with Gasteiger partial charge < -0.3 is 10.4 Å². The predicted molar refractivity (Wildman–Crippen MR) is 84.4 cm³/mol. The molecule has 2 N–H and O–H groups in total. The summed E-state index contributed by atoms with van der Waals surface area (Å²) in [5, 5.41) is 13.5. The van der Waals surface area contributed by atoms with Gasteiger partial charge in [0.25, 0.3) is 0 Å². The van der Waals surface area contributed by atoms with Gasteiger partial charge in [0.2, 0.25) is 5.91 Å². The fraction of sp³-hybridized carbons (Fsp3) is 0.938. The van der Waals surface area contributed by atoms with E-state index in [1.807, 2.05) is 11.8 Å². The monoisotopic (exact) mass is 286 g/mol. The number of carbonyl (C=O) groups excluding carboxylic acids is 1. The van der Waals surface area contributed by atoms with Crippen LogP contribution in [0.2, 0.25) is 0 Å². The number of nitrogens with zero attached hydrogens (tertiary/aromatic N) is 1. The van der Waals surface area contributed by atoms with Crippen LogP contribution in [0.4, 0.5) is 0 Å². The van der Waals surface area contributed by atoms with Gasteiger partial charge in [-0.15, -0.1) is 0 Å². The zero-order valence-corrected chi connectivity index (χ0v) is 14.0. The minimum atomic E-state index is -0.672. The molecule has 0 aromatic heterocycles. The van der Waals surface area contributed by atoms with E-state index in [9.17, 15) is 9.90 Å². The molecular formula is C16H34N2O2. The number of nitrogens with one attached hydrogen (secondary N) is 1. The van der Waals surface area contributed by atoms with Crippen LogP contribution in [-0.4, -0.2) is 41.8 Å². The summed E-state index contributed by atoms with van der Waals surface area (Å²) < 4.78 is 0. The Morgan fingerprint density at radius 1 is 1.10 bits per heavy atom. The molecule has 0 aromatic rings. The normalized spacial score (nSPS) is 14.6. The summed E-state index contributed by atoms with van der Waals surface area (Å²) in [5.41, 5.74) is 0. The maximum atomic E-state index is 12.3. The molecular weight excluding hydrogens is 252 g/mol. The van der Waals surface area contributed by atoms with E-state index in [4.69, 9.17) is 0 Å². The van der Waals surface area contributed by atoms with Crippen LogP contribution in [-0.2, 0) is 4.79 Å². The van der Waals surface area contributed by atoms with Crippen LogP contribution in [0.25, 0.3) is 0 Å². The summed E-state index contributed by atoms with van der Waals surface area (Å²) >= 11 is 0. The van der Waals surface area contributed by atoms with Crippen molar-refractivity contribution < 1.29 is 9.90 Å². The molecule has 0 saturated heterocycles. The average Bonchev–Trinajstić information content (AvgIpc) is 2.41. The number of carbonyl (C=O) groups is 1. The highest BCUT2D eigenvalue weighted by atomic mass is 16.3. The van der Waals surface area contributed by atoms with Gasteiger partial charge in [-0.05, 0) is 31.6 Å². The summed E-state index contributed by atoms with van der Waals surface area (Å²) in [5.74, 6) is 0.0528. The fourth-order valence-electron chi connectivity index (χ4n) is 2.46. The van der Waals surface area contributed by atoms with Crippen LogP contribution in [0, 0.1) is 11.8 Å². The molecule has 0 heterocycles. The summed E-state index contributed by atoms with van der Waals surface area (Å²) in [6, 6.07) is 0. The van der Waals surface area contributed by atoms with Gasteiger partial charge in [-0.2, -0.15) is 0 Å². The molecule has 0 spiro atoms. The van der Waals surface area contributed by atoms with Crippen LogP contribution in [0.1, 0.15) is 60.3 Å². The summed E-state index contributed by atoms with van der Waals surface area (Å²) in [6.45, 7) is 12.8. The van der Waals surface area contributed by atoms with Crippen LogP contribution in [0.5, 0.6) is 0 Å².